The molecule has 19 heavy (non-hydrogen) atoms. The van der Waals surface area contributed by atoms with Crippen LogP contribution in [0.2, 0.25) is 0 Å². The van der Waals surface area contributed by atoms with Crippen LogP contribution in [0.5, 0.6) is 0 Å². The summed E-state index contributed by atoms with van der Waals surface area (Å²) in [5.74, 6) is 0.474. The summed E-state index contributed by atoms with van der Waals surface area (Å²) in [4.78, 5) is 19.3. The summed E-state index contributed by atoms with van der Waals surface area (Å²) >= 11 is 0. The largest absolute Gasteiger partial charge is 0.480 e. The standard InChI is InChI=1S/C13H15N3O3/c17-12(18)8-19-7-11-15-10-2-1-5-14-13(10)16(11)6-9-3-4-9/h1-2,5,9H,3-4,6-8H2,(H,17,18). The van der Waals surface area contributed by atoms with E-state index in [4.69, 9.17) is 9.84 Å². The third-order valence-electron chi connectivity index (χ3n) is 3.18. The SMILES string of the molecule is O=C(O)COCc1nc2cccnc2n1CC1CC1. The maximum Gasteiger partial charge on any atom is 0.329 e. The highest BCUT2D eigenvalue weighted by molar-refractivity contribution is 5.71. The number of imidazole rings is 1. The summed E-state index contributed by atoms with van der Waals surface area (Å²) in [6, 6.07) is 3.76. The smallest absolute Gasteiger partial charge is 0.329 e. The van der Waals surface area contributed by atoms with E-state index in [0.717, 1.165) is 23.5 Å². The Morgan fingerprint density at radius 1 is 1.53 bits per heavy atom. The Hall–Kier alpha value is -1.95. The van der Waals surface area contributed by atoms with Crippen LogP contribution >= 0.6 is 0 Å². The van der Waals surface area contributed by atoms with Gasteiger partial charge in [0.1, 0.15) is 24.6 Å². The fourth-order valence-corrected chi connectivity index (χ4v) is 2.10. The average molecular weight is 261 g/mol. The van der Waals surface area contributed by atoms with E-state index >= 15 is 0 Å². The van der Waals surface area contributed by atoms with Crippen molar-refractivity contribution in [3.8, 4) is 0 Å². The van der Waals surface area contributed by atoms with Gasteiger partial charge >= 0.3 is 5.97 Å². The van der Waals surface area contributed by atoms with Crippen molar-refractivity contribution in [1.29, 1.82) is 0 Å². The lowest BCUT2D eigenvalue weighted by Gasteiger charge is -2.07. The van der Waals surface area contributed by atoms with Crippen LogP contribution in [-0.2, 0) is 22.7 Å². The minimum atomic E-state index is -0.969. The van der Waals surface area contributed by atoms with E-state index in [1.165, 1.54) is 12.8 Å². The van der Waals surface area contributed by atoms with Crippen molar-refractivity contribution in [2.24, 2.45) is 5.92 Å². The summed E-state index contributed by atoms with van der Waals surface area (Å²) in [6.45, 7) is 0.786. The summed E-state index contributed by atoms with van der Waals surface area (Å²) in [5.41, 5.74) is 1.68. The Morgan fingerprint density at radius 3 is 3.11 bits per heavy atom. The highest BCUT2D eigenvalue weighted by Gasteiger charge is 2.24. The zero-order valence-corrected chi connectivity index (χ0v) is 10.5. The molecule has 6 heteroatoms. The van der Waals surface area contributed by atoms with Gasteiger partial charge in [-0.25, -0.2) is 14.8 Å². The first-order chi connectivity index (χ1) is 9.24. The third-order valence-corrected chi connectivity index (χ3v) is 3.18. The van der Waals surface area contributed by atoms with E-state index in [1.807, 2.05) is 12.1 Å². The van der Waals surface area contributed by atoms with Crippen LogP contribution in [0.1, 0.15) is 18.7 Å². The van der Waals surface area contributed by atoms with Crippen molar-refractivity contribution in [2.45, 2.75) is 26.0 Å². The molecule has 0 saturated heterocycles. The number of aliphatic carboxylic acids is 1. The number of pyridine rings is 1. The molecule has 0 radical (unpaired) electrons. The molecule has 2 aromatic rings. The Kier molecular flexibility index (Phi) is 3.16. The predicted molar refractivity (Wildman–Crippen MR) is 67.5 cm³/mol. The summed E-state index contributed by atoms with van der Waals surface area (Å²) < 4.78 is 7.19. The fraction of sp³-hybridized carbons (Fsp3) is 0.462. The lowest BCUT2D eigenvalue weighted by atomic mass is 10.4. The lowest BCUT2D eigenvalue weighted by Crippen LogP contribution is -2.11. The van der Waals surface area contributed by atoms with E-state index in [2.05, 4.69) is 14.5 Å². The molecule has 2 aromatic heterocycles. The van der Waals surface area contributed by atoms with Gasteiger partial charge in [-0.2, -0.15) is 0 Å². The Balaban J connectivity index is 1.85. The van der Waals surface area contributed by atoms with Gasteiger partial charge in [-0.1, -0.05) is 0 Å². The molecule has 100 valence electrons. The van der Waals surface area contributed by atoms with E-state index in [-0.39, 0.29) is 13.2 Å². The van der Waals surface area contributed by atoms with Crippen LogP contribution in [0.25, 0.3) is 11.2 Å². The first-order valence-corrected chi connectivity index (χ1v) is 6.33. The van der Waals surface area contributed by atoms with Gasteiger partial charge < -0.3 is 14.4 Å². The van der Waals surface area contributed by atoms with Crippen LogP contribution < -0.4 is 0 Å². The van der Waals surface area contributed by atoms with Crippen molar-refractivity contribution in [3.63, 3.8) is 0 Å². The molecule has 1 aliphatic carbocycles. The number of carboxylic acids is 1. The molecule has 1 N–H and O–H groups in total. The number of nitrogens with zero attached hydrogens (tertiary/aromatic N) is 3. The molecule has 6 nitrogen and oxygen atoms in total. The van der Waals surface area contributed by atoms with Crippen LogP contribution in [0.15, 0.2) is 18.3 Å². The number of fused-ring (bicyclic) bond motifs is 1. The molecule has 0 unspecified atom stereocenters. The number of carboxylic acid groups (broad SMARTS) is 1. The highest BCUT2D eigenvalue weighted by atomic mass is 16.5. The van der Waals surface area contributed by atoms with Crippen molar-refractivity contribution >= 4 is 17.1 Å². The maximum atomic E-state index is 10.5. The number of aromatic nitrogens is 3. The van der Waals surface area contributed by atoms with E-state index < -0.39 is 5.97 Å². The van der Waals surface area contributed by atoms with Crippen LogP contribution in [0.3, 0.4) is 0 Å². The van der Waals surface area contributed by atoms with Gasteiger partial charge in [-0.3, -0.25) is 0 Å². The lowest BCUT2D eigenvalue weighted by molar-refractivity contribution is -0.142. The van der Waals surface area contributed by atoms with Gasteiger partial charge in [0.25, 0.3) is 0 Å². The molecule has 0 bridgehead atoms. The number of hydrogen-bond donors (Lipinski definition) is 1. The number of carbonyl (C=O) groups is 1. The molecule has 0 spiro atoms. The maximum absolute atomic E-state index is 10.5. The second-order valence-electron chi connectivity index (χ2n) is 4.81. The van der Waals surface area contributed by atoms with Crippen molar-refractivity contribution in [3.05, 3.63) is 24.2 Å². The van der Waals surface area contributed by atoms with Gasteiger partial charge in [0.15, 0.2) is 5.65 Å². The Labute approximate surface area is 110 Å². The van der Waals surface area contributed by atoms with Crippen molar-refractivity contribution < 1.29 is 14.6 Å². The van der Waals surface area contributed by atoms with E-state index in [1.54, 1.807) is 6.20 Å². The zero-order chi connectivity index (χ0) is 13.2. The molecule has 0 amide bonds. The Bertz CT molecular complexity index is 604. The van der Waals surface area contributed by atoms with Crippen LogP contribution in [0.4, 0.5) is 0 Å². The molecular formula is C13H15N3O3. The molecule has 3 rings (SSSR count). The average Bonchev–Trinajstić information content (AvgIpc) is 3.13. The quantitative estimate of drug-likeness (QED) is 0.851. The first-order valence-electron chi connectivity index (χ1n) is 6.33. The monoisotopic (exact) mass is 261 g/mol. The predicted octanol–water partition coefficient (Wildman–Crippen LogP) is 1.44. The Morgan fingerprint density at radius 2 is 2.37 bits per heavy atom. The van der Waals surface area contributed by atoms with Gasteiger partial charge in [-0.05, 0) is 30.9 Å². The van der Waals surface area contributed by atoms with Crippen molar-refractivity contribution in [2.75, 3.05) is 6.61 Å². The van der Waals surface area contributed by atoms with Crippen LogP contribution in [-0.4, -0.2) is 32.2 Å². The molecule has 0 aromatic carbocycles. The molecule has 1 saturated carbocycles. The first kappa shape index (κ1) is 12.1. The van der Waals surface area contributed by atoms with Gasteiger partial charge in [0, 0.05) is 12.7 Å². The number of rotatable bonds is 6. The minimum absolute atomic E-state index is 0.204. The topological polar surface area (TPSA) is 77.2 Å². The fourth-order valence-electron chi connectivity index (χ4n) is 2.10. The molecule has 0 atom stereocenters. The number of hydrogen-bond acceptors (Lipinski definition) is 4. The summed E-state index contributed by atoms with van der Waals surface area (Å²) in [5, 5.41) is 8.59. The van der Waals surface area contributed by atoms with Gasteiger partial charge in [-0.15, -0.1) is 0 Å². The third kappa shape index (κ3) is 2.73. The number of ether oxygens (including phenoxy) is 1. The minimum Gasteiger partial charge on any atom is -0.480 e. The van der Waals surface area contributed by atoms with Crippen molar-refractivity contribution in [1.82, 2.24) is 14.5 Å². The molecule has 0 aliphatic heterocycles. The highest BCUT2D eigenvalue weighted by Crippen LogP contribution is 2.32. The van der Waals surface area contributed by atoms with Gasteiger partial charge in [0.05, 0.1) is 0 Å². The van der Waals surface area contributed by atoms with Crippen LogP contribution in [0, 0.1) is 5.92 Å². The summed E-state index contributed by atoms with van der Waals surface area (Å²) in [7, 11) is 0. The van der Waals surface area contributed by atoms with Gasteiger partial charge in [0.2, 0.25) is 0 Å². The molecule has 1 aliphatic rings. The van der Waals surface area contributed by atoms with E-state index in [9.17, 15) is 4.79 Å². The molecular weight excluding hydrogens is 246 g/mol. The zero-order valence-electron chi connectivity index (χ0n) is 10.5. The van der Waals surface area contributed by atoms with E-state index in [0.29, 0.717) is 5.92 Å². The second kappa shape index (κ2) is 4.97. The second-order valence-corrected chi connectivity index (χ2v) is 4.81. The summed E-state index contributed by atoms with van der Waals surface area (Å²) in [6.07, 6.45) is 4.22. The molecule has 1 fully saturated rings. The molecule has 2 heterocycles. The normalized spacial score (nSPS) is 14.9.